The van der Waals surface area contributed by atoms with E-state index in [2.05, 4.69) is 15.8 Å². The summed E-state index contributed by atoms with van der Waals surface area (Å²) in [5.41, 5.74) is 5.28. The smallest absolute Gasteiger partial charge is 0.335 e. The molecule has 0 unspecified atom stereocenters. The number of rotatable bonds is 6. The maximum Gasteiger partial charge on any atom is 0.335 e. The van der Waals surface area contributed by atoms with Gasteiger partial charge >= 0.3 is 5.97 Å². The highest BCUT2D eigenvalue weighted by Gasteiger charge is 2.01. The van der Waals surface area contributed by atoms with Gasteiger partial charge in [-0.1, -0.05) is 24.3 Å². The highest BCUT2D eigenvalue weighted by atomic mass is 16.4. The minimum absolute atomic E-state index is 0.110. The Morgan fingerprint density at radius 2 is 1.91 bits per heavy atom. The monoisotopic (exact) mass is 311 g/mol. The highest BCUT2D eigenvalue weighted by Crippen LogP contribution is 2.08. The van der Waals surface area contributed by atoms with Crippen molar-refractivity contribution in [2.24, 2.45) is 5.10 Å². The third-order valence-corrected chi connectivity index (χ3v) is 3.03. The second-order valence-electron chi connectivity index (χ2n) is 4.94. The number of carboxylic acids is 1. The molecule has 23 heavy (non-hydrogen) atoms. The van der Waals surface area contributed by atoms with E-state index in [1.165, 1.54) is 18.3 Å². The first kappa shape index (κ1) is 16.2. The SMILES string of the molecule is Cc1cccc(NCC(=O)N/N=C\c2ccc(C(=O)O)cc2)c1. The molecule has 118 valence electrons. The van der Waals surface area contributed by atoms with Gasteiger partial charge in [0, 0.05) is 5.69 Å². The van der Waals surface area contributed by atoms with Crippen molar-refractivity contribution in [2.45, 2.75) is 6.92 Å². The van der Waals surface area contributed by atoms with Crippen LogP contribution in [0.4, 0.5) is 5.69 Å². The lowest BCUT2D eigenvalue weighted by atomic mass is 10.1. The number of aryl methyl sites for hydroxylation is 1. The lowest BCUT2D eigenvalue weighted by Gasteiger charge is -2.05. The van der Waals surface area contributed by atoms with Crippen LogP contribution in [0.3, 0.4) is 0 Å². The van der Waals surface area contributed by atoms with Crippen molar-refractivity contribution in [3.05, 3.63) is 65.2 Å². The van der Waals surface area contributed by atoms with Crippen LogP contribution in [0.1, 0.15) is 21.5 Å². The number of hydrogen-bond acceptors (Lipinski definition) is 4. The molecule has 0 spiro atoms. The Bertz CT molecular complexity index is 724. The molecule has 2 aromatic carbocycles. The third kappa shape index (κ3) is 5.28. The lowest BCUT2D eigenvalue weighted by Crippen LogP contribution is -2.25. The van der Waals surface area contributed by atoms with Gasteiger partial charge in [-0.3, -0.25) is 4.79 Å². The Kier molecular flexibility index (Phi) is 5.46. The number of hydrazone groups is 1. The van der Waals surface area contributed by atoms with E-state index in [1.54, 1.807) is 12.1 Å². The molecule has 6 nitrogen and oxygen atoms in total. The van der Waals surface area contributed by atoms with Gasteiger partial charge in [0.1, 0.15) is 0 Å². The van der Waals surface area contributed by atoms with Crippen molar-refractivity contribution < 1.29 is 14.7 Å². The summed E-state index contributed by atoms with van der Waals surface area (Å²) in [7, 11) is 0. The zero-order valence-corrected chi connectivity index (χ0v) is 12.6. The van der Waals surface area contributed by atoms with Gasteiger partial charge in [0.2, 0.25) is 0 Å². The van der Waals surface area contributed by atoms with Gasteiger partial charge in [-0.05, 0) is 42.3 Å². The predicted molar refractivity (Wildman–Crippen MR) is 88.8 cm³/mol. The van der Waals surface area contributed by atoms with Crippen molar-refractivity contribution in [1.29, 1.82) is 0 Å². The van der Waals surface area contributed by atoms with Crippen LogP contribution >= 0.6 is 0 Å². The molecular weight excluding hydrogens is 294 g/mol. The number of amides is 1. The van der Waals surface area contributed by atoms with Gasteiger partial charge in [-0.2, -0.15) is 5.10 Å². The molecule has 0 heterocycles. The van der Waals surface area contributed by atoms with E-state index in [9.17, 15) is 9.59 Å². The zero-order valence-electron chi connectivity index (χ0n) is 12.6. The summed E-state index contributed by atoms with van der Waals surface area (Å²) in [6.45, 7) is 2.09. The first-order valence-corrected chi connectivity index (χ1v) is 7.00. The fourth-order valence-corrected chi connectivity index (χ4v) is 1.87. The summed E-state index contributed by atoms with van der Waals surface area (Å²) in [5, 5.41) is 15.6. The maximum atomic E-state index is 11.7. The van der Waals surface area contributed by atoms with E-state index >= 15 is 0 Å². The van der Waals surface area contributed by atoms with Gasteiger partial charge in [0.05, 0.1) is 18.3 Å². The lowest BCUT2D eigenvalue weighted by molar-refractivity contribution is -0.119. The van der Waals surface area contributed by atoms with Gasteiger partial charge in [-0.25, -0.2) is 10.2 Å². The van der Waals surface area contributed by atoms with Gasteiger partial charge in [0.15, 0.2) is 0 Å². The molecule has 0 saturated heterocycles. The molecule has 0 bridgehead atoms. The van der Waals surface area contributed by atoms with Crippen LogP contribution in [0, 0.1) is 6.92 Å². The van der Waals surface area contributed by atoms with Crippen LogP contribution < -0.4 is 10.7 Å². The minimum atomic E-state index is -0.982. The number of hydrogen-bond donors (Lipinski definition) is 3. The normalized spacial score (nSPS) is 10.5. The average Bonchev–Trinajstić information content (AvgIpc) is 2.53. The number of nitrogens with one attached hydrogen (secondary N) is 2. The predicted octanol–water partition coefficient (Wildman–Crippen LogP) is 2.26. The Hall–Kier alpha value is -3.15. The molecule has 0 aliphatic carbocycles. The second kappa shape index (κ2) is 7.74. The van der Waals surface area contributed by atoms with Crippen molar-refractivity contribution in [1.82, 2.24) is 5.43 Å². The molecule has 0 radical (unpaired) electrons. The fraction of sp³-hybridized carbons (Fsp3) is 0.118. The second-order valence-corrected chi connectivity index (χ2v) is 4.94. The Balaban J connectivity index is 1.80. The molecule has 0 fully saturated rings. The van der Waals surface area contributed by atoms with Crippen molar-refractivity contribution in [3.8, 4) is 0 Å². The largest absolute Gasteiger partial charge is 0.478 e. The molecule has 0 aliphatic heterocycles. The number of carbonyl (C=O) groups is 2. The minimum Gasteiger partial charge on any atom is -0.478 e. The van der Waals surface area contributed by atoms with Crippen LogP contribution in [-0.4, -0.2) is 29.7 Å². The van der Waals surface area contributed by atoms with Crippen molar-refractivity contribution >= 4 is 23.8 Å². The van der Waals surface area contributed by atoms with E-state index in [1.807, 2.05) is 31.2 Å². The number of anilines is 1. The maximum absolute atomic E-state index is 11.7. The van der Waals surface area contributed by atoms with Crippen LogP contribution in [0.15, 0.2) is 53.6 Å². The third-order valence-electron chi connectivity index (χ3n) is 3.03. The van der Waals surface area contributed by atoms with E-state index in [0.29, 0.717) is 5.56 Å². The fourth-order valence-electron chi connectivity index (χ4n) is 1.87. The van der Waals surface area contributed by atoms with E-state index < -0.39 is 5.97 Å². The number of carboxylic acid groups (broad SMARTS) is 1. The summed E-state index contributed by atoms with van der Waals surface area (Å²) in [6, 6.07) is 13.9. The zero-order chi connectivity index (χ0) is 16.7. The molecular formula is C17H17N3O3. The summed E-state index contributed by atoms with van der Waals surface area (Å²) < 4.78 is 0. The topological polar surface area (TPSA) is 90.8 Å². The standard InChI is InChI=1S/C17H17N3O3/c1-12-3-2-4-15(9-12)18-11-16(21)20-19-10-13-5-7-14(8-6-13)17(22)23/h2-10,18H,11H2,1H3,(H,20,21)(H,22,23)/b19-10-. The average molecular weight is 311 g/mol. The molecule has 1 amide bonds. The Morgan fingerprint density at radius 1 is 1.17 bits per heavy atom. The van der Waals surface area contributed by atoms with Crippen molar-refractivity contribution in [2.75, 3.05) is 11.9 Å². The Morgan fingerprint density at radius 3 is 2.57 bits per heavy atom. The summed E-state index contributed by atoms with van der Waals surface area (Å²) in [5.74, 6) is -1.26. The first-order valence-electron chi connectivity index (χ1n) is 7.00. The first-order chi connectivity index (χ1) is 11.0. The molecule has 0 aliphatic rings. The van der Waals surface area contributed by atoms with Gasteiger partial charge < -0.3 is 10.4 Å². The van der Waals surface area contributed by atoms with Crippen LogP contribution in [0.5, 0.6) is 0 Å². The highest BCUT2D eigenvalue weighted by molar-refractivity contribution is 5.89. The van der Waals surface area contributed by atoms with Crippen LogP contribution in [0.2, 0.25) is 0 Å². The van der Waals surface area contributed by atoms with E-state index in [0.717, 1.165) is 11.3 Å². The number of nitrogens with zero attached hydrogens (tertiary/aromatic N) is 1. The molecule has 0 aromatic heterocycles. The Labute approximate surface area is 133 Å². The van der Waals surface area contributed by atoms with Crippen molar-refractivity contribution in [3.63, 3.8) is 0 Å². The van der Waals surface area contributed by atoms with E-state index in [4.69, 9.17) is 5.11 Å². The van der Waals surface area contributed by atoms with E-state index in [-0.39, 0.29) is 18.0 Å². The summed E-state index contributed by atoms with van der Waals surface area (Å²) in [4.78, 5) is 22.4. The summed E-state index contributed by atoms with van der Waals surface area (Å²) in [6.07, 6.45) is 1.45. The quantitative estimate of drug-likeness (QED) is 0.564. The molecule has 2 aromatic rings. The molecule has 0 saturated carbocycles. The van der Waals surface area contributed by atoms with Gasteiger partial charge in [-0.15, -0.1) is 0 Å². The molecule has 2 rings (SSSR count). The number of carbonyl (C=O) groups excluding carboxylic acids is 1. The molecule has 0 atom stereocenters. The summed E-state index contributed by atoms with van der Waals surface area (Å²) >= 11 is 0. The van der Waals surface area contributed by atoms with Crippen LogP contribution in [0.25, 0.3) is 0 Å². The van der Waals surface area contributed by atoms with Crippen LogP contribution in [-0.2, 0) is 4.79 Å². The van der Waals surface area contributed by atoms with Gasteiger partial charge in [0.25, 0.3) is 5.91 Å². The number of aromatic carboxylic acids is 1. The molecule has 3 N–H and O–H groups in total. The molecule has 6 heteroatoms. The number of benzene rings is 2.